The Morgan fingerprint density at radius 1 is 1.00 bits per heavy atom. The van der Waals surface area contributed by atoms with Gasteiger partial charge in [-0.1, -0.05) is 19.3 Å². The molecular formula is C21H27F2N5O2S. The summed E-state index contributed by atoms with van der Waals surface area (Å²) >= 11 is 0. The number of nitrogens with zero attached hydrogens (tertiary/aromatic N) is 4. The molecule has 0 atom stereocenters. The maximum atomic E-state index is 14.0. The predicted molar refractivity (Wildman–Crippen MR) is 115 cm³/mol. The fourth-order valence-corrected chi connectivity index (χ4v) is 5.66. The summed E-state index contributed by atoms with van der Waals surface area (Å²) in [4.78, 5) is 10.7. The third-order valence-electron chi connectivity index (χ3n) is 5.85. The summed E-state index contributed by atoms with van der Waals surface area (Å²) in [6.07, 6.45) is 5.92. The molecule has 0 spiro atoms. The highest BCUT2D eigenvalue weighted by atomic mass is 32.2. The lowest BCUT2D eigenvalue weighted by Gasteiger charge is -2.35. The second kappa shape index (κ2) is 9.04. The van der Waals surface area contributed by atoms with Crippen molar-refractivity contribution >= 4 is 21.8 Å². The molecule has 2 fully saturated rings. The molecule has 31 heavy (non-hydrogen) atoms. The van der Waals surface area contributed by atoms with E-state index in [4.69, 9.17) is 0 Å². The molecule has 10 heteroatoms. The van der Waals surface area contributed by atoms with E-state index in [-0.39, 0.29) is 13.1 Å². The van der Waals surface area contributed by atoms with Gasteiger partial charge in [0, 0.05) is 50.0 Å². The molecule has 1 aromatic heterocycles. The summed E-state index contributed by atoms with van der Waals surface area (Å²) in [5, 5.41) is 3.44. The van der Waals surface area contributed by atoms with Crippen LogP contribution in [0.5, 0.6) is 0 Å². The molecule has 1 aliphatic carbocycles. The molecule has 0 amide bonds. The Kier molecular flexibility index (Phi) is 6.38. The Labute approximate surface area is 181 Å². The van der Waals surface area contributed by atoms with E-state index in [0.717, 1.165) is 36.5 Å². The molecule has 0 unspecified atom stereocenters. The third-order valence-corrected chi connectivity index (χ3v) is 7.79. The number of hydrogen-bond acceptors (Lipinski definition) is 6. The lowest BCUT2D eigenvalue weighted by molar-refractivity contribution is 0.381. The lowest BCUT2D eigenvalue weighted by Crippen LogP contribution is -2.49. The van der Waals surface area contributed by atoms with E-state index in [1.807, 2.05) is 17.9 Å². The second-order valence-electron chi connectivity index (χ2n) is 8.14. The minimum Gasteiger partial charge on any atom is -0.354 e. The van der Waals surface area contributed by atoms with Crippen LogP contribution < -0.4 is 10.2 Å². The Bertz CT molecular complexity index is 1040. The number of hydrogen-bond donors (Lipinski definition) is 1. The van der Waals surface area contributed by atoms with Gasteiger partial charge in [0.25, 0.3) is 0 Å². The number of aryl methyl sites for hydroxylation is 1. The quantitative estimate of drug-likeness (QED) is 0.752. The lowest BCUT2D eigenvalue weighted by atomic mass is 9.96. The number of aromatic nitrogens is 2. The van der Waals surface area contributed by atoms with Gasteiger partial charge >= 0.3 is 0 Å². The summed E-state index contributed by atoms with van der Waals surface area (Å²) < 4.78 is 54.0. The van der Waals surface area contributed by atoms with Crippen LogP contribution in [0.15, 0.2) is 29.2 Å². The fourth-order valence-electron chi connectivity index (χ4n) is 4.19. The average molecular weight is 452 g/mol. The Balaban J connectivity index is 1.44. The zero-order chi connectivity index (χ0) is 22.0. The van der Waals surface area contributed by atoms with Crippen LogP contribution >= 0.6 is 0 Å². The average Bonchev–Trinajstić information content (AvgIpc) is 2.74. The van der Waals surface area contributed by atoms with Gasteiger partial charge in [-0.3, -0.25) is 0 Å². The normalized spacial score (nSPS) is 18.9. The van der Waals surface area contributed by atoms with Crippen LogP contribution in [0.4, 0.5) is 20.5 Å². The summed E-state index contributed by atoms with van der Waals surface area (Å²) in [5.41, 5.74) is 0.840. The number of halogens is 2. The molecule has 2 aromatic rings. The molecule has 0 bridgehead atoms. The van der Waals surface area contributed by atoms with E-state index in [1.54, 1.807) is 0 Å². The van der Waals surface area contributed by atoms with Gasteiger partial charge in [-0.25, -0.2) is 22.2 Å². The first-order valence-electron chi connectivity index (χ1n) is 10.7. The monoisotopic (exact) mass is 451 g/mol. The highest BCUT2D eigenvalue weighted by molar-refractivity contribution is 7.89. The number of sulfonamides is 1. The predicted octanol–water partition coefficient (Wildman–Crippen LogP) is 3.32. The third kappa shape index (κ3) is 4.95. The highest BCUT2D eigenvalue weighted by Gasteiger charge is 2.31. The van der Waals surface area contributed by atoms with Crippen LogP contribution in [0, 0.1) is 18.6 Å². The number of piperazine rings is 1. The maximum absolute atomic E-state index is 14.0. The van der Waals surface area contributed by atoms with Gasteiger partial charge in [0.1, 0.15) is 22.3 Å². The van der Waals surface area contributed by atoms with Crippen molar-refractivity contribution < 1.29 is 17.2 Å². The molecule has 168 valence electrons. The number of anilines is 2. The van der Waals surface area contributed by atoms with Crippen molar-refractivity contribution in [2.45, 2.75) is 50.0 Å². The zero-order valence-corrected chi connectivity index (χ0v) is 18.3. The van der Waals surface area contributed by atoms with Crippen molar-refractivity contribution in [2.24, 2.45) is 0 Å². The van der Waals surface area contributed by atoms with Crippen LogP contribution in [0.1, 0.15) is 37.8 Å². The van der Waals surface area contributed by atoms with Gasteiger partial charge in [0.05, 0.1) is 0 Å². The summed E-state index contributed by atoms with van der Waals surface area (Å²) in [5.74, 6) is -0.536. The molecule has 4 rings (SSSR count). The van der Waals surface area contributed by atoms with E-state index in [9.17, 15) is 17.2 Å². The topological polar surface area (TPSA) is 78.4 Å². The molecule has 2 heterocycles. The Morgan fingerprint density at radius 3 is 2.39 bits per heavy atom. The summed E-state index contributed by atoms with van der Waals surface area (Å²) in [6.45, 7) is 3.12. The molecule has 1 aromatic carbocycles. The van der Waals surface area contributed by atoms with Crippen molar-refractivity contribution in [3.8, 4) is 0 Å². The van der Waals surface area contributed by atoms with Crippen LogP contribution in [-0.2, 0) is 10.0 Å². The molecule has 2 aliphatic rings. The SMILES string of the molecule is Cc1cc(N2CCN(S(=O)(=O)c3ccc(F)cc3F)CC2)nc(NC2CCCCC2)n1. The second-order valence-corrected chi connectivity index (χ2v) is 10.0. The molecule has 1 saturated heterocycles. The minimum atomic E-state index is -4.03. The van der Waals surface area contributed by atoms with Gasteiger partial charge < -0.3 is 10.2 Å². The first kappa shape index (κ1) is 21.9. The molecule has 1 N–H and O–H groups in total. The maximum Gasteiger partial charge on any atom is 0.246 e. The van der Waals surface area contributed by atoms with Crippen molar-refractivity contribution in [1.82, 2.24) is 14.3 Å². The summed E-state index contributed by atoms with van der Waals surface area (Å²) in [7, 11) is -4.03. The van der Waals surface area contributed by atoms with Crippen molar-refractivity contribution in [2.75, 3.05) is 36.4 Å². The summed E-state index contributed by atoms with van der Waals surface area (Å²) in [6, 6.07) is 4.79. The van der Waals surface area contributed by atoms with Gasteiger partial charge in [0.2, 0.25) is 16.0 Å². The molecule has 0 radical (unpaired) electrons. The fraction of sp³-hybridized carbons (Fsp3) is 0.524. The molecule has 1 saturated carbocycles. The Morgan fingerprint density at radius 2 is 1.71 bits per heavy atom. The molecular weight excluding hydrogens is 424 g/mol. The number of rotatable bonds is 5. The molecule has 7 nitrogen and oxygen atoms in total. The van der Waals surface area contributed by atoms with E-state index < -0.39 is 26.6 Å². The van der Waals surface area contributed by atoms with Crippen LogP contribution in [0.25, 0.3) is 0 Å². The van der Waals surface area contributed by atoms with Crippen molar-refractivity contribution in [3.63, 3.8) is 0 Å². The minimum absolute atomic E-state index is 0.188. The van der Waals surface area contributed by atoms with Gasteiger partial charge in [0.15, 0.2) is 0 Å². The van der Waals surface area contributed by atoms with Crippen molar-refractivity contribution in [3.05, 3.63) is 41.6 Å². The van der Waals surface area contributed by atoms with Crippen LogP contribution in [0.3, 0.4) is 0 Å². The van der Waals surface area contributed by atoms with Crippen LogP contribution in [0.2, 0.25) is 0 Å². The standard InChI is InChI=1S/C21H27F2N5O2S/c1-15-13-20(26-21(24-15)25-17-5-3-2-4-6-17)27-9-11-28(12-10-27)31(29,30)19-8-7-16(22)14-18(19)23/h7-8,13-14,17H,2-6,9-12H2,1H3,(H,24,25,26). The first-order valence-corrected chi connectivity index (χ1v) is 12.1. The van der Waals surface area contributed by atoms with E-state index >= 15 is 0 Å². The smallest absolute Gasteiger partial charge is 0.246 e. The molecule has 1 aliphatic heterocycles. The van der Waals surface area contributed by atoms with Crippen LogP contribution in [-0.4, -0.2) is 54.9 Å². The van der Waals surface area contributed by atoms with E-state index in [2.05, 4.69) is 15.3 Å². The van der Waals surface area contributed by atoms with E-state index in [0.29, 0.717) is 31.1 Å². The largest absolute Gasteiger partial charge is 0.354 e. The highest BCUT2D eigenvalue weighted by Crippen LogP contribution is 2.25. The van der Waals surface area contributed by atoms with Gasteiger partial charge in [-0.15, -0.1) is 0 Å². The number of nitrogens with one attached hydrogen (secondary N) is 1. The van der Waals surface area contributed by atoms with Gasteiger partial charge in [-0.2, -0.15) is 9.29 Å². The van der Waals surface area contributed by atoms with Crippen molar-refractivity contribution in [1.29, 1.82) is 0 Å². The zero-order valence-electron chi connectivity index (χ0n) is 17.5. The number of benzene rings is 1. The Hall–Kier alpha value is -2.33. The van der Waals surface area contributed by atoms with Gasteiger partial charge in [-0.05, 0) is 31.9 Å². The van der Waals surface area contributed by atoms with E-state index in [1.165, 1.54) is 23.6 Å². The first-order chi connectivity index (χ1) is 14.8.